The van der Waals surface area contributed by atoms with Crippen molar-refractivity contribution < 1.29 is 9.66 Å². The first-order valence-corrected chi connectivity index (χ1v) is 7.01. The molecule has 0 radical (unpaired) electrons. The van der Waals surface area contributed by atoms with Crippen LogP contribution in [0.2, 0.25) is 0 Å². The highest BCUT2D eigenvalue weighted by Crippen LogP contribution is 2.31. The molecule has 1 saturated heterocycles. The first-order valence-electron chi connectivity index (χ1n) is 7.01. The zero-order valence-corrected chi connectivity index (χ0v) is 11.7. The lowest BCUT2D eigenvalue weighted by molar-refractivity contribution is -0.384. The van der Waals surface area contributed by atoms with Crippen LogP contribution in [0.3, 0.4) is 0 Å². The average molecular weight is 279 g/mol. The molecule has 0 amide bonds. The summed E-state index contributed by atoms with van der Waals surface area (Å²) in [5, 5.41) is 11.0. The zero-order valence-electron chi connectivity index (χ0n) is 11.7. The average Bonchev–Trinajstić information content (AvgIpc) is 2.47. The summed E-state index contributed by atoms with van der Waals surface area (Å²) in [7, 11) is 0. The predicted molar refractivity (Wildman–Crippen MR) is 78.3 cm³/mol. The Morgan fingerprint density at radius 2 is 2.10 bits per heavy atom. The molecule has 1 heterocycles. The van der Waals surface area contributed by atoms with Crippen molar-refractivity contribution in [1.82, 2.24) is 0 Å². The van der Waals surface area contributed by atoms with Gasteiger partial charge in [-0.2, -0.15) is 0 Å². The van der Waals surface area contributed by atoms with Crippen molar-refractivity contribution in [2.45, 2.75) is 19.8 Å². The van der Waals surface area contributed by atoms with E-state index in [1.807, 2.05) is 13.0 Å². The molecule has 0 saturated carbocycles. The Balaban J connectivity index is 2.20. The van der Waals surface area contributed by atoms with Crippen LogP contribution in [0, 0.1) is 16.0 Å². The normalized spacial score (nSPS) is 16.2. The van der Waals surface area contributed by atoms with E-state index >= 15 is 0 Å². The second-order valence-corrected chi connectivity index (χ2v) is 5.04. The summed E-state index contributed by atoms with van der Waals surface area (Å²) in [4.78, 5) is 12.8. The first kappa shape index (κ1) is 14.6. The molecule has 1 aromatic carbocycles. The van der Waals surface area contributed by atoms with E-state index in [1.54, 1.807) is 6.07 Å². The Hall–Kier alpha value is -1.82. The lowest BCUT2D eigenvalue weighted by atomic mass is 9.97. The summed E-state index contributed by atoms with van der Waals surface area (Å²) in [6.07, 6.45) is 2.06. The fraction of sp³-hybridized carbons (Fsp3) is 0.571. The van der Waals surface area contributed by atoms with Crippen molar-refractivity contribution in [2.24, 2.45) is 11.7 Å². The third-order valence-corrected chi connectivity index (χ3v) is 3.71. The third kappa shape index (κ3) is 3.39. The summed E-state index contributed by atoms with van der Waals surface area (Å²) in [6.45, 7) is 4.84. The van der Waals surface area contributed by atoms with Crippen molar-refractivity contribution in [1.29, 1.82) is 0 Å². The third-order valence-electron chi connectivity index (χ3n) is 3.71. The number of benzene rings is 1. The van der Waals surface area contributed by atoms with E-state index < -0.39 is 0 Å². The number of hydrogen-bond donors (Lipinski definition) is 1. The van der Waals surface area contributed by atoms with E-state index in [0.29, 0.717) is 24.8 Å². The number of anilines is 1. The van der Waals surface area contributed by atoms with Gasteiger partial charge in [-0.25, -0.2) is 0 Å². The van der Waals surface area contributed by atoms with E-state index in [2.05, 4.69) is 4.90 Å². The highest BCUT2D eigenvalue weighted by molar-refractivity contribution is 5.58. The lowest BCUT2D eigenvalue weighted by Gasteiger charge is -2.33. The van der Waals surface area contributed by atoms with Gasteiger partial charge in [0.05, 0.1) is 17.6 Å². The maximum atomic E-state index is 11.0. The van der Waals surface area contributed by atoms with Crippen molar-refractivity contribution in [3.05, 3.63) is 28.3 Å². The molecular weight excluding hydrogens is 258 g/mol. The standard InChI is InChI=1S/C14H21N3O3/c1-2-20-14-8-12(7-13(9-14)17(18)19)16-5-3-11(10-15)4-6-16/h7-9,11H,2-6,10,15H2,1H3. The monoisotopic (exact) mass is 279 g/mol. The van der Waals surface area contributed by atoms with Crippen LogP contribution in [0.1, 0.15) is 19.8 Å². The number of non-ortho nitro benzene ring substituents is 1. The van der Waals surface area contributed by atoms with E-state index in [4.69, 9.17) is 10.5 Å². The van der Waals surface area contributed by atoms with Crippen LogP contribution >= 0.6 is 0 Å². The highest BCUT2D eigenvalue weighted by atomic mass is 16.6. The smallest absolute Gasteiger partial charge is 0.275 e. The van der Waals surface area contributed by atoms with Crippen LogP contribution in [-0.2, 0) is 0 Å². The molecule has 1 fully saturated rings. The zero-order chi connectivity index (χ0) is 14.5. The molecule has 0 bridgehead atoms. The fourth-order valence-electron chi connectivity index (χ4n) is 2.53. The van der Waals surface area contributed by atoms with Gasteiger partial charge in [0.2, 0.25) is 0 Å². The molecule has 0 aromatic heterocycles. The van der Waals surface area contributed by atoms with Gasteiger partial charge in [0.1, 0.15) is 5.75 Å². The summed E-state index contributed by atoms with van der Waals surface area (Å²) in [5.74, 6) is 1.12. The predicted octanol–water partition coefficient (Wildman–Crippen LogP) is 2.17. The molecule has 1 aliphatic rings. The number of hydrogen-bond acceptors (Lipinski definition) is 5. The van der Waals surface area contributed by atoms with Gasteiger partial charge in [-0.15, -0.1) is 0 Å². The van der Waals surface area contributed by atoms with Gasteiger partial charge >= 0.3 is 0 Å². The van der Waals surface area contributed by atoms with Gasteiger partial charge in [0.15, 0.2) is 0 Å². The molecule has 0 aliphatic carbocycles. The molecule has 2 N–H and O–H groups in total. The summed E-state index contributed by atoms with van der Waals surface area (Å²) in [5.41, 5.74) is 6.62. The number of nitrogens with two attached hydrogens (primary N) is 1. The molecular formula is C14H21N3O3. The van der Waals surface area contributed by atoms with Gasteiger partial charge in [-0.3, -0.25) is 10.1 Å². The number of ether oxygens (including phenoxy) is 1. The number of nitro groups is 1. The van der Waals surface area contributed by atoms with Crippen LogP contribution in [-0.4, -0.2) is 31.2 Å². The molecule has 0 atom stereocenters. The maximum Gasteiger partial charge on any atom is 0.275 e. The molecule has 20 heavy (non-hydrogen) atoms. The highest BCUT2D eigenvalue weighted by Gasteiger charge is 2.20. The van der Waals surface area contributed by atoms with Crippen LogP contribution < -0.4 is 15.4 Å². The molecule has 1 aliphatic heterocycles. The van der Waals surface area contributed by atoms with Crippen molar-refractivity contribution in [3.8, 4) is 5.75 Å². The molecule has 2 rings (SSSR count). The largest absolute Gasteiger partial charge is 0.494 e. The van der Waals surface area contributed by atoms with E-state index in [0.717, 1.165) is 31.6 Å². The number of nitrogens with zero attached hydrogens (tertiary/aromatic N) is 2. The summed E-state index contributed by atoms with van der Waals surface area (Å²) in [6, 6.07) is 4.96. The molecule has 0 unspecified atom stereocenters. The SMILES string of the molecule is CCOc1cc(N2CCC(CN)CC2)cc([N+](=O)[O-])c1. The van der Waals surface area contributed by atoms with Crippen LogP contribution in [0.15, 0.2) is 18.2 Å². The topological polar surface area (TPSA) is 81.6 Å². The van der Waals surface area contributed by atoms with Crippen LogP contribution in [0.5, 0.6) is 5.75 Å². The Morgan fingerprint density at radius 1 is 1.40 bits per heavy atom. The van der Waals surface area contributed by atoms with E-state index in [9.17, 15) is 10.1 Å². The van der Waals surface area contributed by atoms with Crippen molar-refractivity contribution in [2.75, 3.05) is 31.1 Å². The van der Waals surface area contributed by atoms with Crippen LogP contribution in [0.4, 0.5) is 11.4 Å². The van der Waals surface area contributed by atoms with Gasteiger partial charge in [0, 0.05) is 30.9 Å². The van der Waals surface area contributed by atoms with Gasteiger partial charge in [-0.1, -0.05) is 0 Å². The lowest BCUT2D eigenvalue weighted by Crippen LogP contribution is -2.36. The van der Waals surface area contributed by atoms with Gasteiger partial charge < -0.3 is 15.4 Å². The Labute approximate surface area is 118 Å². The Bertz CT molecular complexity index is 471. The molecule has 110 valence electrons. The quantitative estimate of drug-likeness (QED) is 0.660. The number of piperidine rings is 1. The summed E-state index contributed by atoms with van der Waals surface area (Å²) >= 11 is 0. The molecule has 6 heteroatoms. The molecule has 6 nitrogen and oxygen atoms in total. The van der Waals surface area contributed by atoms with Gasteiger partial charge in [-0.05, 0) is 32.2 Å². The van der Waals surface area contributed by atoms with Crippen molar-refractivity contribution in [3.63, 3.8) is 0 Å². The van der Waals surface area contributed by atoms with E-state index in [1.165, 1.54) is 6.07 Å². The Morgan fingerprint density at radius 3 is 2.65 bits per heavy atom. The van der Waals surface area contributed by atoms with Crippen molar-refractivity contribution >= 4 is 11.4 Å². The molecule has 1 aromatic rings. The minimum Gasteiger partial charge on any atom is -0.494 e. The molecule has 0 spiro atoms. The Kier molecular flexibility index (Phi) is 4.79. The maximum absolute atomic E-state index is 11.0. The van der Waals surface area contributed by atoms with Gasteiger partial charge in [0.25, 0.3) is 5.69 Å². The number of rotatable bonds is 5. The fourth-order valence-corrected chi connectivity index (χ4v) is 2.53. The number of nitro benzene ring substituents is 1. The van der Waals surface area contributed by atoms with Crippen LogP contribution in [0.25, 0.3) is 0 Å². The second kappa shape index (κ2) is 6.56. The van der Waals surface area contributed by atoms with E-state index in [-0.39, 0.29) is 10.6 Å². The minimum absolute atomic E-state index is 0.0758. The second-order valence-electron chi connectivity index (χ2n) is 5.04. The first-order chi connectivity index (χ1) is 9.63. The minimum atomic E-state index is -0.376. The summed E-state index contributed by atoms with van der Waals surface area (Å²) < 4.78 is 5.42.